The lowest BCUT2D eigenvalue weighted by Gasteiger charge is -2.32. The number of piperidine rings is 1. The zero-order valence-electron chi connectivity index (χ0n) is 12.9. The van der Waals surface area contributed by atoms with Gasteiger partial charge in [0.25, 0.3) is 0 Å². The van der Waals surface area contributed by atoms with Crippen molar-refractivity contribution in [2.45, 2.75) is 25.7 Å². The molecule has 2 heterocycles. The maximum Gasteiger partial charge on any atom is 0.375 e. The summed E-state index contributed by atoms with van der Waals surface area (Å²) in [7, 11) is 0. The number of aryl methyl sites for hydroxylation is 1. The third-order valence-corrected chi connectivity index (χ3v) is 4.24. The van der Waals surface area contributed by atoms with Crippen molar-refractivity contribution < 1.29 is 4.92 Å². The molecular weight excluding hydrogens is 296 g/mol. The van der Waals surface area contributed by atoms with Crippen LogP contribution >= 0.6 is 0 Å². The number of nitrogens with one attached hydrogen (secondary N) is 1. The molecular formula is C16H18N4O3. The van der Waals surface area contributed by atoms with E-state index in [-0.39, 0.29) is 5.82 Å². The zero-order chi connectivity index (χ0) is 16.4. The molecule has 0 radical (unpaired) electrons. The Morgan fingerprint density at radius 1 is 1.26 bits per heavy atom. The summed E-state index contributed by atoms with van der Waals surface area (Å²) < 4.78 is 0. The monoisotopic (exact) mass is 314 g/mol. The molecule has 0 atom stereocenters. The molecule has 7 nitrogen and oxygen atoms in total. The molecule has 120 valence electrons. The van der Waals surface area contributed by atoms with E-state index in [4.69, 9.17) is 0 Å². The molecule has 0 aliphatic carbocycles. The number of hydrogen-bond donors (Lipinski definition) is 1. The van der Waals surface area contributed by atoms with E-state index >= 15 is 0 Å². The predicted molar refractivity (Wildman–Crippen MR) is 86.9 cm³/mol. The zero-order valence-corrected chi connectivity index (χ0v) is 12.9. The molecule has 0 bridgehead atoms. The fourth-order valence-corrected chi connectivity index (χ4v) is 3.10. The second-order valence-electron chi connectivity index (χ2n) is 5.75. The first-order valence-electron chi connectivity index (χ1n) is 7.61. The molecule has 0 amide bonds. The summed E-state index contributed by atoms with van der Waals surface area (Å²) in [5.74, 6) is 1.01. The molecule has 7 heteroatoms. The van der Waals surface area contributed by atoms with Crippen LogP contribution in [0, 0.1) is 17.0 Å². The van der Waals surface area contributed by atoms with Crippen LogP contribution in [0.4, 0.5) is 11.5 Å². The van der Waals surface area contributed by atoms with Gasteiger partial charge in [0.1, 0.15) is 5.82 Å². The quantitative estimate of drug-likeness (QED) is 0.693. The van der Waals surface area contributed by atoms with Crippen LogP contribution in [0.3, 0.4) is 0 Å². The number of nitro groups is 1. The van der Waals surface area contributed by atoms with Crippen molar-refractivity contribution in [2.24, 2.45) is 0 Å². The summed E-state index contributed by atoms with van der Waals surface area (Å²) in [6.07, 6.45) is 1.77. The van der Waals surface area contributed by atoms with E-state index in [0.29, 0.717) is 24.8 Å². The molecule has 0 spiro atoms. The lowest BCUT2D eigenvalue weighted by Crippen LogP contribution is -2.35. The van der Waals surface area contributed by atoms with Gasteiger partial charge in [-0.25, -0.2) is 4.98 Å². The van der Waals surface area contributed by atoms with Gasteiger partial charge in [0.15, 0.2) is 0 Å². The maximum absolute atomic E-state index is 11.9. The van der Waals surface area contributed by atoms with E-state index < -0.39 is 16.2 Å². The van der Waals surface area contributed by atoms with Gasteiger partial charge >= 0.3 is 11.2 Å². The van der Waals surface area contributed by atoms with Crippen molar-refractivity contribution in [3.05, 3.63) is 62.2 Å². The highest BCUT2D eigenvalue weighted by atomic mass is 16.6. The van der Waals surface area contributed by atoms with Gasteiger partial charge in [0, 0.05) is 13.1 Å². The Labute approximate surface area is 133 Å². The molecule has 0 saturated carbocycles. The smallest absolute Gasteiger partial charge is 0.351 e. The van der Waals surface area contributed by atoms with Gasteiger partial charge in [0.2, 0.25) is 5.82 Å². The fourth-order valence-electron chi connectivity index (χ4n) is 3.10. The van der Waals surface area contributed by atoms with Crippen molar-refractivity contribution in [1.82, 2.24) is 9.97 Å². The number of aromatic amines is 1. The lowest BCUT2D eigenvalue weighted by molar-refractivity contribution is -0.385. The van der Waals surface area contributed by atoms with Crippen LogP contribution < -0.4 is 10.5 Å². The number of benzene rings is 1. The van der Waals surface area contributed by atoms with Gasteiger partial charge in [-0.2, -0.15) is 0 Å². The largest absolute Gasteiger partial charge is 0.375 e. The fraction of sp³-hybridized carbons (Fsp3) is 0.375. The average Bonchev–Trinajstić information content (AvgIpc) is 2.54. The Morgan fingerprint density at radius 3 is 2.52 bits per heavy atom. The summed E-state index contributed by atoms with van der Waals surface area (Å²) in [6, 6.07) is 10.3. The first-order chi connectivity index (χ1) is 11.1. The second kappa shape index (κ2) is 6.20. The van der Waals surface area contributed by atoms with Gasteiger partial charge in [0.05, 0.1) is 4.92 Å². The summed E-state index contributed by atoms with van der Waals surface area (Å²) in [4.78, 5) is 30.9. The second-order valence-corrected chi connectivity index (χ2v) is 5.75. The van der Waals surface area contributed by atoms with E-state index in [1.54, 1.807) is 6.92 Å². The van der Waals surface area contributed by atoms with E-state index in [0.717, 1.165) is 12.8 Å². The van der Waals surface area contributed by atoms with Gasteiger partial charge in [-0.05, 0) is 31.2 Å². The minimum absolute atomic E-state index is 0.183. The van der Waals surface area contributed by atoms with E-state index in [9.17, 15) is 14.9 Å². The Hall–Kier alpha value is -2.70. The number of H-pyrrole nitrogens is 1. The van der Waals surface area contributed by atoms with Crippen molar-refractivity contribution in [3.63, 3.8) is 0 Å². The SMILES string of the molecule is Cc1nc(N2CCC(c3ccccc3)CC2)c([N+](=O)[O-])c(=O)[nH]1. The van der Waals surface area contributed by atoms with Crippen LogP contribution in [-0.4, -0.2) is 28.0 Å². The van der Waals surface area contributed by atoms with E-state index in [1.807, 2.05) is 23.1 Å². The highest BCUT2D eigenvalue weighted by Crippen LogP contribution is 2.31. The highest BCUT2D eigenvalue weighted by Gasteiger charge is 2.29. The van der Waals surface area contributed by atoms with Crippen LogP contribution in [0.25, 0.3) is 0 Å². The number of hydrogen-bond acceptors (Lipinski definition) is 5. The van der Waals surface area contributed by atoms with E-state index in [1.165, 1.54) is 5.56 Å². The number of nitrogens with zero attached hydrogens (tertiary/aromatic N) is 3. The van der Waals surface area contributed by atoms with Gasteiger partial charge in [-0.3, -0.25) is 14.9 Å². The molecule has 1 aliphatic heterocycles. The Balaban J connectivity index is 1.83. The normalized spacial score (nSPS) is 15.6. The van der Waals surface area contributed by atoms with Gasteiger partial charge < -0.3 is 9.88 Å². The maximum atomic E-state index is 11.9. The van der Waals surface area contributed by atoms with Crippen molar-refractivity contribution in [2.75, 3.05) is 18.0 Å². The van der Waals surface area contributed by atoms with Crippen molar-refractivity contribution in [1.29, 1.82) is 0 Å². The van der Waals surface area contributed by atoms with Gasteiger partial charge in [-0.1, -0.05) is 30.3 Å². The topological polar surface area (TPSA) is 92.1 Å². The number of aromatic nitrogens is 2. The standard InChI is InChI=1S/C16H18N4O3/c1-11-17-15(14(20(22)23)16(21)18-11)19-9-7-13(8-10-19)12-5-3-2-4-6-12/h2-6,13H,7-10H2,1H3,(H,17,18,21). The number of rotatable bonds is 3. The average molecular weight is 314 g/mol. The first kappa shape index (κ1) is 15.2. The predicted octanol–water partition coefficient (Wildman–Crippen LogP) is 2.37. The van der Waals surface area contributed by atoms with Crippen LogP contribution in [-0.2, 0) is 0 Å². The molecule has 23 heavy (non-hydrogen) atoms. The molecule has 1 aromatic heterocycles. The first-order valence-corrected chi connectivity index (χ1v) is 7.61. The van der Waals surface area contributed by atoms with Gasteiger partial charge in [-0.15, -0.1) is 0 Å². The van der Waals surface area contributed by atoms with Crippen molar-refractivity contribution in [3.8, 4) is 0 Å². The molecule has 1 fully saturated rings. The Kier molecular flexibility index (Phi) is 4.10. The molecule has 1 N–H and O–H groups in total. The minimum Gasteiger partial charge on any atom is -0.351 e. The molecule has 1 saturated heterocycles. The summed E-state index contributed by atoms with van der Waals surface area (Å²) in [5.41, 5.74) is 0.133. The third kappa shape index (κ3) is 3.08. The molecule has 0 unspecified atom stereocenters. The molecule has 2 aromatic rings. The van der Waals surface area contributed by atoms with Crippen LogP contribution in [0.2, 0.25) is 0 Å². The lowest BCUT2D eigenvalue weighted by atomic mass is 9.89. The Bertz CT molecular complexity index is 765. The molecule has 1 aromatic carbocycles. The highest BCUT2D eigenvalue weighted by molar-refractivity contribution is 5.56. The molecule has 3 rings (SSSR count). The molecule has 1 aliphatic rings. The third-order valence-electron chi connectivity index (χ3n) is 4.24. The Morgan fingerprint density at radius 2 is 1.91 bits per heavy atom. The van der Waals surface area contributed by atoms with Crippen LogP contribution in [0.1, 0.15) is 30.1 Å². The van der Waals surface area contributed by atoms with Crippen LogP contribution in [0.5, 0.6) is 0 Å². The minimum atomic E-state index is -0.692. The van der Waals surface area contributed by atoms with Crippen LogP contribution in [0.15, 0.2) is 35.1 Å². The van der Waals surface area contributed by atoms with E-state index in [2.05, 4.69) is 22.1 Å². The van der Waals surface area contributed by atoms with Crippen molar-refractivity contribution >= 4 is 11.5 Å². The summed E-state index contributed by atoms with van der Waals surface area (Å²) >= 11 is 0. The summed E-state index contributed by atoms with van der Waals surface area (Å²) in [5, 5.41) is 11.2. The summed E-state index contributed by atoms with van der Waals surface area (Å²) in [6.45, 7) is 2.93. The number of anilines is 1.